The summed E-state index contributed by atoms with van der Waals surface area (Å²) >= 11 is 0. The van der Waals surface area contributed by atoms with Gasteiger partial charge >= 0.3 is 14.3 Å². The van der Waals surface area contributed by atoms with Crippen LogP contribution in [0.25, 0.3) is 0 Å². The smallest absolute Gasteiger partial charge is 0.544 e. The third-order valence-electron chi connectivity index (χ3n) is 0.165. The third-order valence-corrected chi connectivity index (χ3v) is 0.494. The standard InChI is InChI=1S/CH2NO4P/c2-1(3)6-7(4)5/h(H2,2,3). The van der Waals surface area contributed by atoms with Crippen molar-refractivity contribution in [3.8, 4) is 0 Å². The van der Waals surface area contributed by atoms with Gasteiger partial charge in [0.2, 0.25) is 0 Å². The van der Waals surface area contributed by atoms with Gasteiger partial charge in [0.15, 0.2) is 0 Å². The largest absolute Gasteiger partial charge is 0.558 e. The molecule has 0 rings (SSSR count). The Morgan fingerprint density at radius 1 is 1.86 bits per heavy atom. The van der Waals surface area contributed by atoms with Crippen LogP contribution in [-0.2, 0) is 9.09 Å². The summed E-state index contributed by atoms with van der Waals surface area (Å²) in [5.74, 6) is 0. The van der Waals surface area contributed by atoms with E-state index in [1.807, 2.05) is 0 Å². The van der Waals surface area contributed by atoms with Gasteiger partial charge in [-0.15, -0.1) is 0 Å². The molecule has 1 amide bonds. The van der Waals surface area contributed by atoms with Crippen LogP contribution in [0.4, 0.5) is 4.79 Å². The molecule has 0 aliphatic heterocycles. The van der Waals surface area contributed by atoms with E-state index in [4.69, 9.17) is 0 Å². The first-order valence-corrected chi connectivity index (χ1v) is 2.34. The van der Waals surface area contributed by atoms with E-state index in [1.54, 1.807) is 0 Å². The Morgan fingerprint density at radius 2 is 2.29 bits per heavy atom. The van der Waals surface area contributed by atoms with Gasteiger partial charge in [0.25, 0.3) is 0 Å². The highest BCUT2D eigenvalue weighted by Crippen LogP contribution is 2.06. The van der Waals surface area contributed by atoms with Gasteiger partial charge in [0.1, 0.15) is 0 Å². The molecule has 0 fully saturated rings. The minimum atomic E-state index is -3.11. The molecule has 0 spiro atoms. The fourth-order valence-corrected chi connectivity index (χ4v) is 0.220. The molecule has 5 nitrogen and oxygen atoms in total. The van der Waals surface area contributed by atoms with Crippen molar-refractivity contribution in [1.82, 2.24) is 0 Å². The predicted octanol–water partition coefficient (Wildman–Crippen LogP) is -0.901. The normalized spacial score (nSPS) is 10.1. The van der Waals surface area contributed by atoms with Crippen molar-refractivity contribution in [2.75, 3.05) is 0 Å². The van der Waals surface area contributed by atoms with E-state index >= 15 is 0 Å². The van der Waals surface area contributed by atoms with E-state index < -0.39 is 14.3 Å². The van der Waals surface area contributed by atoms with Crippen LogP contribution in [0.5, 0.6) is 0 Å². The molecule has 0 aromatic rings. The van der Waals surface area contributed by atoms with E-state index in [0.29, 0.717) is 0 Å². The highest BCUT2D eigenvalue weighted by molar-refractivity contribution is 7.31. The zero-order valence-corrected chi connectivity index (χ0v) is 4.05. The first kappa shape index (κ1) is 6.33. The third kappa shape index (κ3) is 5.33. The number of hydrogen-bond donors (Lipinski definition) is 1. The highest BCUT2D eigenvalue weighted by Gasteiger charge is 2.04. The summed E-state index contributed by atoms with van der Waals surface area (Å²) in [7, 11) is -3.11. The van der Waals surface area contributed by atoms with Gasteiger partial charge in [-0.2, -0.15) is 4.52 Å². The lowest BCUT2D eigenvalue weighted by Crippen LogP contribution is -2.10. The fourth-order valence-electron chi connectivity index (χ4n) is 0.0735. The average Bonchev–Trinajstić information content (AvgIpc) is 1.27. The molecule has 0 aliphatic rings. The molecule has 6 heteroatoms. The van der Waals surface area contributed by atoms with Crippen LogP contribution in [0, 0.1) is 0 Å². The van der Waals surface area contributed by atoms with Crippen molar-refractivity contribution in [1.29, 1.82) is 0 Å². The zero-order valence-electron chi connectivity index (χ0n) is 3.16. The van der Waals surface area contributed by atoms with E-state index in [9.17, 15) is 14.3 Å². The van der Waals surface area contributed by atoms with E-state index in [-0.39, 0.29) is 0 Å². The van der Waals surface area contributed by atoms with E-state index in [1.165, 1.54) is 0 Å². The first-order valence-electron chi connectivity index (χ1n) is 1.24. The van der Waals surface area contributed by atoms with Crippen molar-refractivity contribution >= 4 is 14.3 Å². The van der Waals surface area contributed by atoms with Crippen LogP contribution in [0.3, 0.4) is 0 Å². The fraction of sp³-hybridized carbons (Fsp3) is 0. The van der Waals surface area contributed by atoms with Gasteiger partial charge in [-0.1, -0.05) is 0 Å². The van der Waals surface area contributed by atoms with Gasteiger partial charge in [-0.3, -0.25) is 0 Å². The second-order valence-electron chi connectivity index (χ2n) is 0.634. The molecule has 0 heterocycles. The van der Waals surface area contributed by atoms with Crippen LogP contribution in [0.15, 0.2) is 0 Å². The number of rotatable bonds is 1. The molecule has 0 aromatic carbocycles. The quantitative estimate of drug-likeness (QED) is 0.457. The lowest BCUT2D eigenvalue weighted by molar-refractivity contribution is -0.180. The number of nitrogens with two attached hydrogens (primary N) is 1. The topological polar surface area (TPSA) is 92.5 Å². The summed E-state index contributed by atoms with van der Waals surface area (Å²) < 4.78 is 12.7. The first-order chi connectivity index (χ1) is 3.13. The van der Waals surface area contributed by atoms with Crippen LogP contribution >= 0.6 is 8.25 Å². The molecular formula is CH2NO4P. The predicted molar refractivity (Wildman–Crippen MR) is 18.3 cm³/mol. The van der Waals surface area contributed by atoms with Gasteiger partial charge in [-0.05, 0) is 4.57 Å². The summed E-state index contributed by atoms with van der Waals surface area (Å²) in [5, 5.41) is 0. The summed E-state index contributed by atoms with van der Waals surface area (Å²) in [6.07, 6.45) is -1.31. The molecule has 0 aromatic heterocycles. The van der Waals surface area contributed by atoms with Crippen LogP contribution in [0.2, 0.25) is 0 Å². The molecule has 1 atom stereocenters. The SMILES string of the molecule is NC(=O)O[P+](=O)[O-]. The second kappa shape index (κ2) is 2.49. The lowest BCUT2D eigenvalue weighted by atomic mass is 11.3. The molecule has 0 bridgehead atoms. The maximum Gasteiger partial charge on any atom is 0.544 e. The number of carbonyl (C=O) groups excluding carboxylic acids is 1. The maximum absolute atomic E-state index is 9.43. The molecule has 1 unspecified atom stereocenters. The molecule has 0 radical (unpaired) electrons. The van der Waals surface area contributed by atoms with Crippen LogP contribution in [-0.4, -0.2) is 6.09 Å². The Labute approximate surface area is 40.0 Å². The summed E-state index contributed by atoms with van der Waals surface area (Å²) in [4.78, 5) is 18.7. The summed E-state index contributed by atoms with van der Waals surface area (Å²) in [5.41, 5.74) is 4.25. The highest BCUT2D eigenvalue weighted by atomic mass is 31.1. The molecule has 7 heavy (non-hydrogen) atoms. The van der Waals surface area contributed by atoms with Crippen molar-refractivity contribution in [2.45, 2.75) is 0 Å². The Bertz CT molecular complexity index is 87.9. The van der Waals surface area contributed by atoms with Gasteiger partial charge in [0.05, 0.1) is 0 Å². The Kier molecular flexibility index (Phi) is 2.26. The van der Waals surface area contributed by atoms with Crippen molar-refractivity contribution < 1.29 is 18.8 Å². The van der Waals surface area contributed by atoms with Gasteiger partial charge in [-0.25, -0.2) is 4.79 Å². The molecular weight excluding hydrogens is 121 g/mol. The van der Waals surface area contributed by atoms with Crippen LogP contribution < -0.4 is 10.6 Å². The minimum Gasteiger partial charge on any atom is -0.558 e. The molecule has 40 valence electrons. The van der Waals surface area contributed by atoms with Crippen molar-refractivity contribution in [2.24, 2.45) is 5.73 Å². The maximum atomic E-state index is 9.43. The number of amides is 1. The lowest BCUT2D eigenvalue weighted by Gasteiger charge is -1.79. The van der Waals surface area contributed by atoms with Crippen molar-refractivity contribution in [3.05, 3.63) is 0 Å². The van der Waals surface area contributed by atoms with Crippen molar-refractivity contribution in [3.63, 3.8) is 0 Å². The van der Waals surface area contributed by atoms with Gasteiger partial charge in [0, 0.05) is 0 Å². The molecule has 0 aliphatic carbocycles. The average molecular weight is 123 g/mol. The number of primary amides is 1. The molecule has 0 saturated carbocycles. The second-order valence-corrected chi connectivity index (χ2v) is 1.26. The van der Waals surface area contributed by atoms with Gasteiger partial charge < -0.3 is 10.6 Å². The summed E-state index contributed by atoms with van der Waals surface area (Å²) in [6, 6.07) is 0. The summed E-state index contributed by atoms with van der Waals surface area (Å²) in [6.45, 7) is 0. The monoisotopic (exact) mass is 123 g/mol. The molecule has 0 saturated heterocycles. The number of carbonyl (C=O) groups is 1. The van der Waals surface area contributed by atoms with E-state index in [2.05, 4.69) is 10.3 Å². The minimum absolute atomic E-state index is 1.31. The Hall–Kier alpha value is -0.670. The van der Waals surface area contributed by atoms with E-state index in [0.717, 1.165) is 0 Å². The zero-order chi connectivity index (χ0) is 5.86. The molecule has 2 N–H and O–H groups in total. The Morgan fingerprint density at radius 3 is 2.29 bits per heavy atom. The van der Waals surface area contributed by atoms with Crippen LogP contribution in [0.1, 0.15) is 0 Å². The number of hydrogen-bond acceptors (Lipinski definition) is 4. The Balaban J connectivity index is 3.32.